The molecule has 1 N–H and O–H groups in total. The van der Waals surface area contributed by atoms with Crippen LogP contribution in [-0.4, -0.2) is 18.4 Å². The second kappa shape index (κ2) is 6.77. The molecule has 2 aromatic carbocycles. The molecule has 5 heteroatoms. The van der Waals surface area contributed by atoms with E-state index in [-0.39, 0.29) is 11.8 Å². The monoisotopic (exact) mass is 386 g/mol. The van der Waals surface area contributed by atoms with E-state index in [1.165, 1.54) is 0 Å². The van der Waals surface area contributed by atoms with Gasteiger partial charge in [-0.2, -0.15) is 0 Å². The van der Waals surface area contributed by atoms with Gasteiger partial charge in [0, 0.05) is 34.4 Å². The van der Waals surface area contributed by atoms with Gasteiger partial charge in [-0.25, -0.2) is 0 Å². The normalized spacial score (nSPS) is 12.9. The van der Waals surface area contributed by atoms with Crippen LogP contribution in [-0.2, 0) is 11.2 Å². The summed E-state index contributed by atoms with van der Waals surface area (Å²) in [6.45, 7) is 4.54. The minimum absolute atomic E-state index is 0.122. The van der Waals surface area contributed by atoms with Crippen molar-refractivity contribution in [2.75, 3.05) is 16.8 Å². The zero-order chi connectivity index (χ0) is 17.3. The minimum atomic E-state index is -0.139. The highest BCUT2D eigenvalue weighted by Gasteiger charge is 2.24. The second-order valence-corrected chi connectivity index (χ2v) is 6.76. The van der Waals surface area contributed by atoms with Crippen LogP contribution in [0.4, 0.5) is 11.4 Å². The number of hydrogen-bond acceptors (Lipinski definition) is 2. The molecule has 1 heterocycles. The van der Waals surface area contributed by atoms with E-state index in [0.29, 0.717) is 18.5 Å². The highest BCUT2D eigenvalue weighted by Crippen LogP contribution is 2.29. The van der Waals surface area contributed by atoms with Crippen molar-refractivity contribution < 1.29 is 9.59 Å². The van der Waals surface area contributed by atoms with Gasteiger partial charge in [0.25, 0.3) is 5.91 Å². The van der Waals surface area contributed by atoms with Gasteiger partial charge in [0.05, 0.1) is 0 Å². The molecule has 1 aliphatic rings. The van der Waals surface area contributed by atoms with Crippen molar-refractivity contribution in [1.29, 1.82) is 0 Å². The van der Waals surface area contributed by atoms with Crippen LogP contribution < -0.4 is 10.2 Å². The first kappa shape index (κ1) is 16.7. The summed E-state index contributed by atoms with van der Waals surface area (Å²) in [5.74, 6) is -0.0175. The first-order valence-electron chi connectivity index (χ1n) is 8.00. The number of aryl methyl sites for hydroxylation is 1. The lowest BCUT2D eigenvalue weighted by Crippen LogP contribution is -2.27. The standard InChI is InChI=1S/C19H19BrN2O2/c1-3-18(23)22-9-8-13-11-14(4-7-17(13)22)19(24)21-15-5-6-16(20)12(2)10-15/h4-7,10-11H,3,8-9H2,1-2H3,(H,21,24). The van der Waals surface area contributed by atoms with Crippen molar-refractivity contribution in [2.45, 2.75) is 26.7 Å². The molecule has 1 aliphatic heterocycles. The summed E-state index contributed by atoms with van der Waals surface area (Å²) in [4.78, 5) is 26.2. The molecular formula is C19H19BrN2O2. The lowest BCUT2D eigenvalue weighted by molar-refractivity contribution is -0.118. The zero-order valence-electron chi connectivity index (χ0n) is 13.7. The van der Waals surface area contributed by atoms with E-state index in [9.17, 15) is 9.59 Å². The Morgan fingerprint density at radius 2 is 2.00 bits per heavy atom. The molecule has 0 bridgehead atoms. The van der Waals surface area contributed by atoms with Crippen LogP contribution in [0.25, 0.3) is 0 Å². The number of benzene rings is 2. The Balaban J connectivity index is 1.79. The maximum atomic E-state index is 12.5. The Morgan fingerprint density at radius 1 is 1.21 bits per heavy atom. The van der Waals surface area contributed by atoms with Crippen molar-refractivity contribution in [1.82, 2.24) is 0 Å². The smallest absolute Gasteiger partial charge is 0.255 e. The molecule has 3 rings (SSSR count). The maximum absolute atomic E-state index is 12.5. The van der Waals surface area contributed by atoms with E-state index in [1.807, 2.05) is 44.2 Å². The molecule has 0 atom stereocenters. The summed E-state index contributed by atoms with van der Waals surface area (Å²) in [7, 11) is 0. The topological polar surface area (TPSA) is 49.4 Å². The molecule has 124 valence electrons. The van der Waals surface area contributed by atoms with E-state index >= 15 is 0 Å². The second-order valence-electron chi connectivity index (χ2n) is 5.91. The lowest BCUT2D eigenvalue weighted by Gasteiger charge is -2.16. The van der Waals surface area contributed by atoms with Crippen molar-refractivity contribution in [3.63, 3.8) is 0 Å². The van der Waals surface area contributed by atoms with Crippen molar-refractivity contribution in [2.24, 2.45) is 0 Å². The number of carbonyl (C=O) groups is 2. The quantitative estimate of drug-likeness (QED) is 0.854. The first-order chi connectivity index (χ1) is 11.5. The molecule has 0 saturated carbocycles. The van der Waals surface area contributed by atoms with Crippen LogP contribution in [0.3, 0.4) is 0 Å². The van der Waals surface area contributed by atoms with Crippen LogP contribution in [0.2, 0.25) is 0 Å². The number of halogens is 1. The highest BCUT2D eigenvalue weighted by atomic mass is 79.9. The van der Waals surface area contributed by atoms with Crippen molar-refractivity contribution >= 4 is 39.1 Å². The average Bonchev–Trinajstić information content (AvgIpc) is 3.00. The number of rotatable bonds is 3. The van der Waals surface area contributed by atoms with E-state index in [0.717, 1.165) is 33.4 Å². The molecule has 0 spiro atoms. The fourth-order valence-corrected chi connectivity index (χ4v) is 3.17. The molecule has 0 unspecified atom stereocenters. The predicted molar refractivity (Wildman–Crippen MR) is 99.6 cm³/mol. The summed E-state index contributed by atoms with van der Waals surface area (Å²) in [5.41, 5.74) is 4.42. The molecule has 0 fully saturated rings. The molecule has 0 aromatic heterocycles. The van der Waals surface area contributed by atoms with Crippen LogP contribution in [0.5, 0.6) is 0 Å². The lowest BCUT2D eigenvalue weighted by atomic mass is 10.1. The van der Waals surface area contributed by atoms with Crippen molar-refractivity contribution in [3.05, 3.63) is 57.6 Å². The molecule has 24 heavy (non-hydrogen) atoms. The summed E-state index contributed by atoms with van der Waals surface area (Å²) in [5, 5.41) is 2.92. The van der Waals surface area contributed by atoms with Gasteiger partial charge >= 0.3 is 0 Å². The van der Waals surface area contributed by atoms with Crippen molar-refractivity contribution in [3.8, 4) is 0 Å². The highest BCUT2D eigenvalue weighted by molar-refractivity contribution is 9.10. The number of nitrogens with one attached hydrogen (secondary N) is 1. The Labute approximate surface area is 150 Å². The van der Waals surface area contributed by atoms with Crippen LogP contribution in [0.1, 0.15) is 34.8 Å². The van der Waals surface area contributed by atoms with Gasteiger partial charge in [0.15, 0.2) is 0 Å². The van der Waals surface area contributed by atoms with Gasteiger partial charge in [0.2, 0.25) is 5.91 Å². The number of hydrogen-bond donors (Lipinski definition) is 1. The Morgan fingerprint density at radius 3 is 2.71 bits per heavy atom. The third-order valence-electron chi connectivity index (χ3n) is 4.26. The molecule has 4 nitrogen and oxygen atoms in total. The van der Waals surface area contributed by atoms with Gasteiger partial charge in [-0.1, -0.05) is 22.9 Å². The summed E-state index contributed by atoms with van der Waals surface area (Å²) in [6, 6.07) is 11.3. The van der Waals surface area contributed by atoms with Crippen LogP contribution in [0, 0.1) is 6.92 Å². The van der Waals surface area contributed by atoms with E-state index in [1.54, 1.807) is 11.0 Å². The molecule has 0 aliphatic carbocycles. The average molecular weight is 387 g/mol. The molecular weight excluding hydrogens is 368 g/mol. The molecule has 2 aromatic rings. The number of carbonyl (C=O) groups excluding carboxylic acids is 2. The third-order valence-corrected chi connectivity index (χ3v) is 5.15. The Hall–Kier alpha value is -2.14. The summed E-state index contributed by atoms with van der Waals surface area (Å²) >= 11 is 3.45. The van der Waals surface area contributed by atoms with Gasteiger partial charge in [-0.3, -0.25) is 9.59 Å². The molecule has 0 saturated heterocycles. The number of amides is 2. The van der Waals surface area contributed by atoms with E-state index < -0.39 is 0 Å². The fraction of sp³-hybridized carbons (Fsp3) is 0.263. The Kier molecular flexibility index (Phi) is 4.71. The Bertz CT molecular complexity index is 817. The van der Waals surface area contributed by atoms with Gasteiger partial charge in [-0.15, -0.1) is 0 Å². The van der Waals surface area contributed by atoms with Crippen LogP contribution >= 0.6 is 15.9 Å². The maximum Gasteiger partial charge on any atom is 0.255 e. The fourth-order valence-electron chi connectivity index (χ4n) is 2.92. The molecule has 2 amide bonds. The molecule has 0 radical (unpaired) electrons. The SMILES string of the molecule is CCC(=O)N1CCc2cc(C(=O)Nc3ccc(Br)c(C)c3)ccc21. The zero-order valence-corrected chi connectivity index (χ0v) is 15.3. The van der Waals surface area contributed by atoms with Gasteiger partial charge in [-0.05, 0) is 60.9 Å². The summed E-state index contributed by atoms with van der Waals surface area (Å²) in [6.07, 6.45) is 1.28. The van der Waals surface area contributed by atoms with Gasteiger partial charge in [0.1, 0.15) is 0 Å². The number of anilines is 2. The first-order valence-corrected chi connectivity index (χ1v) is 8.79. The minimum Gasteiger partial charge on any atom is -0.322 e. The largest absolute Gasteiger partial charge is 0.322 e. The summed E-state index contributed by atoms with van der Waals surface area (Å²) < 4.78 is 1.01. The van der Waals surface area contributed by atoms with Crippen LogP contribution in [0.15, 0.2) is 40.9 Å². The van der Waals surface area contributed by atoms with E-state index in [2.05, 4.69) is 21.2 Å². The predicted octanol–water partition coefficient (Wildman–Crippen LogP) is 4.31. The number of fused-ring (bicyclic) bond motifs is 1. The van der Waals surface area contributed by atoms with E-state index in [4.69, 9.17) is 0 Å². The third kappa shape index (κ3) is 3.22. The van der Waals surface area contributed by atoms with Gasteiger partial charge < -0.3 is 10.2 Å². The number of nitrogens with zero attached hydrogens (tertiary/aromatic N) is 1.